The molecule has 0 aromatic carbocycles. The highest BCUT2D eigenvalue weighted by Crippen LogP contribution is 2.31. The number of nitrogens with one attached hydrogen (secondary N) is 1. The van der Waals surface area contributed by atoms with Gasteiger partial charge in [-0.1, -0.05) is 20.8 Å². The predicted octanol–water partition coefficient (Wildman–Crippen LogP) is 3.19. The lowest BCUT2D eigenvalue weighted by molar-refractivity contribution is 0.497. The second-order valence-corrected chi connectivity index (χ2v) is 6.04. The highest BCUT2D eigenvalue weighted by molar-refractivity contribution is 5.33. The van der Waals surface area contributed by atoms with Crippen LogP contribution in [0.25, 0.3) is 0 Å². The van der Waals surface area contributed by atoms with Crippen molar-refractivity contribution in [2.75, 3.05) is 11.4 Å². The maximum atomic E-state index is 5.68. The van der Waals surface area contributed by atoms with Crippen molar-refractivity contribution >= 4 is 6.01 Å². The number of aromatic nitrogens is 1. The maximum Gasteiger partial charge on any atom is 0.297 e. The lowest BCUT2D eigenvalue weighted by Crippen LogP contribution is -2.34. The van der Waals surface area contributed by atoms with Crippen molar-refractivity contribution in [1.82, 2.24) is 10.3 Å². The van der Waals surface area contributed by atoms with Crippen molar-refractivity contribution < 1.29 is 4.42 Å². The van der Waals surface area contributed by atoms with Crippen LogP contribution in [0.5, 0.6) is 0 Å². The molecule has 0 aliphatic carbocycles. The Balaban J connectivity index is 1.96. The fraction of sp³-hybridized carbons (Fsp3) is 0.800. The summed E-state index contributed by atoms with van der Waals surface area (Å²) in [5.74, 6) is 0.662. The molecule has 1 saturated heterocycles. The molecule has 0 spiro atoms. The summed E-state index contributed by atoms with van der Waals surface area (Å²) in [5.41, 5.74) is 1.00. The van der Waals surface area contributed by atoms with Crippen LogP contribution in [0.3, 0.4) is 0 Å². The van der Waals surface area contributed by atoms with Gasteiger partial charge in [0, 0.05) is 18.6 Å². The lowest BCUT2D eigenvalue weighted by atomic mass is 10.2. The molecule has 4 nitrogen and oxygen atoms in total. The molecule has 0 amide bonds. The molecule has 19 heavy (non-hydrogen) atoms. The topological polar surface area (TPSA) is 41.3 Å². The minimum absolute atomic E-state index is 0.542. The zero-order chi connectivity index (χ0) is 13.8. The second kappa shape index (κ2) is 6.42. The van der Waals surface area contributed by atoms with Crippen molar-refractivity contribution in [3.8, 4) is 0 Å². The summed E-state index contributed by atoms with van der Waals surface area (Å²) in [6, 6.07) is 1.93. The molecule has 1 fully saturated rings. The fourth-order valence-corrected chi connectivity index (χ4v) is 2.80. The summed E-state index contributed by atoms with van der Waals surface area (Å²) < 4.78 is 5.68. The van der Waals surface area contributed by atoms with Gasteiger partial charge in [-0.25, -0.2) is 0 Å². The molecule has 4 heteroatoms. The molecule has 0 bridgehead atoms. The predicted molar refractivity (Wildman–Crippen MR) is 78.3 cm³/mol. The van der Waals surface area contributed by atoms with Crippen LogP contribution >= 0.6 is 0 Å². The Morgan fingerprint density at radius 1 is 1.47 bits per heavy atom. The highest BCUT2D eigenvalue weighted by Gasteiger charge is 2.32. The number of nitrogens with zero attached hydrogens (tertiary/aromatic N) is 2. The Morgan fingerprint density at radius 2 is 2.26 bits per heavy atom. The Hall–Kier alpha value is -1.03. The van der Waals surface area contributed by atoms with E-state index in [2.05, 4.69) is 42.9 Å². The van der Waals surface area contributed by atoms with Gasteiger partial charge in [0.1, 0.15) is 6.26 Å². The Labute approximate surface area is 116 Å². The van der Waals surface area contributed by atoms with Crippen molar-refractivity contribution in [2.45, 2.75) is 65.6 Å². The molecule has 1 aliphatic rings. The van der Waals surface area contributed by atoms with Crippen LogP contribution in [0.15, 0.2) is 10.7 Å². The fourth-order valence-electron chi connectivity index (χ4n) is 2.80. The van der Waals surface area contributed by atoms with E-state index in [1.54, 1.807) is 6.26 Å². The molecule has 108 valence electrons. The third kappa shape index (κ3) is 3.50. The largest absolute Gasteiger partial charge is 0.432 e. The third-order valence-corrected chi connectivity index (χ3v) is 3.88. The van der Waals surface area contributed by atoms with E-state index < -0.39 is 0 Å². The number of hydrogen-bond donors (Lipinski definition) is 1. The molecular formula is C15H27N3O. The summed E-state index contributed by atoms with van der Waals surface area (Å²) in [5, 5.41) is 3.40. The van der Waals surface area contributed by atoms with Gasteiger partial charge >= 0.3 is 0 Å². The summed E-state index contributed by atoms with van der Waals surface area (Å²) in [6.07, 6.45) is 5.44. The van der Waals surface area contributed by atoms with Crippen LogP contribution in [-0.2, 0) is 6.54 Å². The van der Waals surface area contributed by atoms with E-state index in [9.17, 15) is 0 Å². The van der Waals surface area contributed by atoms with Gasteiger partial charge in [-0.3, -0.25) is 0 Å². The normalized spacial score (nSPS) is 23.5. The number of rotatable bonds is 6. The average molecular weight is 265 g/mol. The summed E-state index contributed by atoms with van der Waals surface area (Å²) in [6.45, 7) is 10.7. The number of anilines is 1. The van der Waals surface area contributed by atoms with E-state index in [0.29, 0.717) is 18.0 Å². The molecule has 1 N–H and O–H groups in total. The molecule has 2 unspecified atom stereocenters. The first-order valence-electron chi connectivity index (χ1n) is 7.55. The second-order valence-electron chi connectivity index (χ2n) is 6.04. The smallest absolute Gasteiger partial charge is 0.297 e. The van der Waals surface area contributed by atoms with E-state index in [1.165, 1.54) is 12.8 Å². The van der Waals surface area contributed by atoms with Crippen molar-refractivity contribution in [2.24, 2.45) is 5.92 Å². The highest BCUT2D eigenvalue weighted by atomic mass is 16.4. The molecule has 1 aromatic heterocycles. The monoisotopic (exact) mass is 265 g/mol. The first-order chi connectivity index (χ1) is 9.11. The lowest BCUT2D eigenvalue weighted by Gasteiger charge is -2.25. The minimum Gasteiger partial charge on any atom is -0.432 e. The van der Waals surface area contributed by atoms with E-state index in [-0.39, 0.29) is 0 Å². The molecular weight excluding hydrogens is 238 g/mol. The standard InChI is InChI=1S/C15H27N3O/c1-5-14-7-6-12(4)18(14)15-17-13(10-19-15)9-16-8-11(2)3/h10-12,14,16H,5-9H2,1-4H3. The Bertz CT molecular complexity index is 388. The molecule has 1 aromatic rings. The Morgan fingerprint density at radius 3 is 2.95 bits per heavy atom. The molecule has 0 saturated carbocycles. The van der Waals surface area contributed by atoms with Crippen LogP contribution in [-0.4, -0.2) is 23.6 Å². The van der Waals surface area contributed by atoms with Crippen molar-refractivity contribution in [3.05, 3.63) is 12.0 Å². The van der Waals surface area contributed by atoms with Crippen LogP contribution < -0.4 is 10.2 Å². The molecule has 0 radical (unpaired) electrons. The summed E-state index contributed by atoms with van der Waals surface area (Å²) in [4.78, 5) is 6.99. The van der Waals surface area contributed by atoms with Crippen LogP contribution in [0.4, 0.5) is 6.01 Å². The van der Waals surface area contributed by atoms with Crippen LogP contribution in [0.1, 0.15) is 52.7 Å². The van der Waals surface area contributed by atoms with E-state index in [4.69, 9.17) is 4.42 Å². The maximum absolute atomic E-state index is 5.68. The number of oxazole rings is 1. The first kappa shape index (κ1) is 14.4. The van der Waals surface area contributed by atoms with Gasteiger partial charge in [0.25, 0.3) is 6.01 Å². The van der Waals surface area contributed by atoms with Crippen molar-refractivity contribution in [1.29, 1.82) is 0 Å². The van der Waals surface area contributed by atoms with Gasteiger partial charge in [0.05, 0.1) is 5.69 Å². The zero-order valence-corrected chi connectivity index (χ0v) is 12.6. The van der Waals surface area contributed by atoms with Gasteiger partial charge < -0.3 is 14.6 Å². The van der Waals surface area contributed by atoms with E-state index >= 15 is 0 Å². The summed E-state index contributed by atoms with van der Waals surface area (Å²) in [7, 11) is 0. The molecule has 2 atom stereocenters. The van der Waals surface area contributed by atoms with Gasteiger partial charge in [-0.05, 0) is 38.6 Å². The summed E-state index contributed by atoms with van der Waals surface area (Å²) >= 11 is 0. The molecule has 1 aliphatic heterocycles. The van der Waals surface area contributed by atoms with E-state index in [1.807, 2.05) is 0 Å². The van der Waals surface area contributed by atoms with Crippen molar-refractivity contribution in [3.63, 3.8) is 0 Å². The number of hydrogen-bond acceptors (Lipinski definition) is 4. The Kier molecular flexibility index (Phi) is 4.86. The van der Waals surface area contributed by atoms with Gasteiger partial charge in [0.15, 0.2) is 0 Å². The first-order valence-corrected chi connectivity index (χ1v) is 7.55. The average Bonchev–Trinajstić information content (AvgIpc) is 2.95. The zero-order valence-electron chi connectivity index (χ0n) is 12.6. The van der Waals surface area contributed by atoms with Gasteiger partial charge in [-0.2, -0.15) is 4.98 Å². The molecule has 2 rings (SSSR count). The van der Waals surface area contributed by atoms with E-state index in [0.717, 1.165) is 31.2 Å². The SMILES string of the molecule is CCC1CCC(C)N1c1nc(CNCC(C)C)co1. The molecule has 2 heterocycles. The third-order valence-electron chi connectivity index (χ3n) is 3.88. The minimum atomic E-state index is 0.542. The van der Waals surface area contributed by atoms with Crippen LogP contribution in [0, 0.1) is 5.92 Å². The van der Waals surface area contributed by atoms with Gasteiger partial charge in [0.2, 0.25) is 0 Å². The van der Waals surface area contributed by atoms with Gasteiger partial charge in [-0.15, -0.1) is 0 Å². The quantitative estimate of drug-likeness (QED) is 0.857. The van der Waals surface area contributed by atoms with Crippen LogP contribution in [0.2, 0.25) is 0 Å².